The largest absolute Gasteiger partial charge is 0.391 e. The van der Waals surface area contributed by atoms with Crippen molar-refractivity contribution in [1.82, 2.24) is 15.1 Å². The van der Waals surface area contributed by atoms with E-state index in [0.29, 0.717) is 11.6 Å². The van der Waals surface area contributed by atoms with E-state index in [1.54, 1.807) is 17.8 Å². The monoisotopic (exact) mass is 267 g/mol. The number of rotatable bonds is 6. The van der Waals surface area contributed by atoms with Crippen molar-refractivity contribution < 1.29 is 9.90 Å². The third-order valence-corrected chi connectivity index (χ3v) is 3.50. The van der Waals surface area contributed by atoms with Crippen LogP contribution < -0.4 is 5.32 Å². The molecule has 0 fully saturated rings. The maximum atomic E-state index is 12.0. The Hall–Kier alpha value is -1.36. The Labute approximate surface area is 115 Å². The Morgan fingerprint density at radius 1 is 1.47 bits per heavy atom. The molecule has 0 aromatic carbocycles. The molecule has 1 amide bonds. The van der Waals surface area contributed by atoms with E-state index in [4.69, 9.17) is 0 Å². The van der Waals surface area contributed by atoms with E-state index >= 15 is 0 Å². The molecule has 0 aliphatic heterocycles. The van der Waals surface area contributed by atoms with Crippen LogP contribution in [0.4, 0.5) is 0 Å². The molecule has 1 aromatic rings. The van der Waals surface area contributed by atoms with Gasteiger partial charge in [0.15, 0.2) is 0 Å². The van der Waals surface area contributed by atoms with Crippen molar-refractivity contribution in [2.75, 3.05) is 6.54 Å². The molecule has 108 valence electrons. The molecule has 5 nitrogen and oxygen atoms in total. The van der Waals surface area contributed by atoms with Gasteiger partial charge in [0.1, 0.15) is 5.69 Å². The van der Waals surface area contributed by atoms with Gasteiger partial charge in [0.2, 0.25) is 0 Å². The predicted molar refractivity (Wildman–Crippen MR) is 75.1 cm³/mol. The molecule has 0 aliphatic rings. The summed E-state index contributed by atoms with van der Waals surface area (Å²) >= 11 is 0. The fourth-order valence-electron chi connectivity index (χ4n) is 1.75. The number of hydrogen-bond acceptors (Lipinski definition) is 3. The lowest BCUT2D eigenvalue weighted by molar-refractivity contribution is 0.0842. The van der Waals surface area contributed by atoms with Gasteiger partial charge >= 0.3 is 0 Å². The minimum Gasteiger partial charge on any atom is -0.391 e. The van der Waals surface area contributed by atoms with Crippen LogP contribution in [0.5, 0.6) is 0 Å². The molecule has 5 heteroatoms. The maximum Gasteiger partial charge on any atom is 0.269 e. The first-order chi connectivity index (χ1) is 8.86. The average Bonchev–Trinajstić information content (AvgIpc) is 2.76. The fraction of sp³-hybridized carbons (Fsp3) is 0.714. The van der Waals surface area contributed by atoms with E-state index in [-0.39, 0.29) is 18.4 Å². The number of aliphatic hydroxyl groups excluding tert-OH is 1. The fourth-order valence-corrected chi connectivity index (χ4v) is 1.75. The molecule has 1 heterocycles. The van der Waals surface area contributed by atoms with Crippen LogP contribution in [0.3, 0.4) is 0 Å². The molecule has 2 N–H and O–H groups in total. The van der Waals surface area contributed by atoms with Gasteiger partial charge in [-0.05, 0) is 17.9 Å². The number of amides is 1. The second-order valence-corrected chi connectivity index (χ2v) is 5.40. The highest BCUT2D eigenvalue weighted by molar-refractivity contribution is 5.92. The van der Waals surface area contributed by atoms with Gasteiger partial charge in [-0.3, -0.25) is 9.48 Å². The van der Waals surface area contributed by atoms with E-state index in [1.165, 1.54) is 0 Å². The Bertz CT molecular complexity index is 426. The van der Waals surface area contributed by atoms with Gasteiger partial charge < -0.3 is 10.4 Å². The van der Waals surface area contributed by atoms with Crippen molar-refractivity contribution in [2.24, 2.45) is 13.0 Å². The minimum atomic E-state index is -0.508. The Balaban J connectivity index is 2.63. The van der Waals surface area contributed by atoms with E-state index in [9.17, 15) is 9.90 Å². The molecule has 19 heavy (non-hydrogen) atoms. The second-order valence-electron chi connectivity index (χ2n) is 5.40. The van der Waals surface area contributed by atoms with Crippen molar-refractivity contribution in [3.05, 3.63) is 17.5 Å². The smallest absolute Gasteiger partial charge is 0.269 e. The first-order valence-corrected chi connectivity index (χ1v) is 6.87. The number of aryl methyl sites for hydroxylation is 1. The van der Waals surface area contributed by atoms with Crippen LogP contribution in [-0.4, -0.2) is 33.4 Å². The molecule has 2 atom stereocenters. The summed E-state index contributed by atoms with van der Waals surface area (Å²) in [5, 5.41) is 16.9. The van der Waals surface area contributed by atoms with Crippen LogP contribution in [0.2, 0.25) is 0 Å². The molecule has 1 rings (SSSR count). The Kier molecular flexibility index (Phi) is 5.54. The van der Waals surface area contributed by atoms with Crippen molar-refractivity contribution in [3.63, 3.8) is 0 Å². The third-order valence-electron chi connectivity index (χ3n) is 3.50. The predicted octanol–water partition coefficient (Wildman–Crippen LogP) is 1.68. The third kappa shape index (κ3) is 4.06. The number of nitrogens with zero attached hydrogens (tertiary/aromatic N) is 2. The number of nitrogens with one attached hydrogen (secondary N) is 1. The summed E-state index contributed by atoms with van der Waals surface area (Å²) in [6.07, 6.45) is 0.381. The van der Waals surface area contributed by atoms with E-state index in [2.05, 4.69) is 10.4 Å². The summed E-state index contributed by atoms with van der Waals surface area (Å²) in [6.45, 7) is 8.34. The molecule has 0 saturated carbocycles. The van der Waals surface area contributed by atoms with E-state index in [0.717, 1.165) is 12.1 Å². The van der Waals surface area contributed by atoms with Crippen molar-refractivity contribution >= 4 is 5.91 Å². The van der Waals surface area contributed by atoms with Gasteiger partial charge in [0, 0.05) is 13.6 Å². The van der Waals surface area contributed by atoms with Crippen LogP contribution in [-0.2, 0) is 7.05 Å². The summed E-state index contributed by atoms with van der Waals surface area (Å²) < 4.78 is 1.58. The van der Waals surface area contributed by atoms with E-state index < -0.39 is 6.10 Å². The maximum absolute atomic E-state index is 12.0. The summed E-state index contributed by atoms with van der Waals surface area (Å²) in [5.41, 5.74) is 1.43. The van der Waals surface area contributed by atoms with Crippen molar-refractivity contribution in [2.45, 2.75) is 46.1 Å². The number of carbonyl (C=O) groups excluding carboxylic acids is 1. The highest BCUT2D eigenvalue weighted by atomic mass is 16.3. The quantitative estimate of drug-likeness (QED) is 0.824. The average molecular weight is 267 g/mol. The van der Waals surface area contributed by atoms with Gasteiger partial charge in [-0.2, -0.15) is 5.10 Å². The summed E-state index contributed by atoms with van der Waals surface area (Å²) in [7, 11) is 1.76. The van der Waals surface area contributed by atoms with Crippen molar-refractivity contribution in [3.8, 4) is 0 Å². The topological polar surface area (TPSA) is 67.2 Å². The normalized spacial score (nSPS) is 14.5. The summed E-state index contributed by atoms with van der Waals surface area (Å²) in [4.78, 5) is 12.0. The van der Waals surface area contributed by atoms with E-state index in [1.807, 2.05) is 27.7 Å². The Morgan fingerprint density at radius 2 is 2.11 bits per heavy atom. The summed E-state index contributed by atoms with van der Waals surface area (Å²) in [6, 6.07) is 1.80. The molecule has 0 bridgehead atoms. The van der Waals surface area contributed by atoms with Gasteiger partial charge in [-0.1, -0.05) is 34.1 Å². The lowest BCUT2D eigenvalue weighted by Gasteiger charge is -2.17. The van der Waals surface area contributed by atoms with Gasteiger partial charge in [-0.15, -0.1) is 0 Å². The molecule has 0 saturated heterocycles. The highest BCUT2D eigenvalue weighted by Gasteiger charge is 2.17. The Morgan fingerprint density at radius 3 is 2.58 bits per heavy atom. The lowest BCUT2D eigenvalue weighted by atomic mass is 10.0. The minimum absolute atomic E-state index is 0.179. The van der Waals surface area contributed by atoms with Crippen LogP contribution in [0, 0.1) is 5.92 Å². The molecule has 0 radical (unpaired) electrons. The van der Waals surface area contributed by atoms with Crippen LogP contribution in [0.1, 0.15) is 56.2 Å². The van der Waals surface area contributed by atoms with Gasteiger partial charge in [0.05, 0.1) is 11.8 Å². The molecule has 0 spiro atoms. The van der Waals surface area contributed by atoms with Gasteiger partial charge in [-0.25, -0.2) is 0 Å². The standard InChI is InChI=1S/C14H25N3O2/c1-6-10(4)13(18)8-15-14(19)12-7-11(9(2)3)16-17(12)5/h7,9-10,13,18H,6,8H2,1-5H3,(H,15,19)/t10-,13+/m0/s1. The summed E-state index contributed by atoms with van der Waals surface area (Å²) in [5.74, 6) is 0.278. The second kappa shape index (κ2) is 6.70. The van der Waals surface area contributed by atoms with Crippen LogP contribution in [0.15, 0.2) is 6.07 Å². The zero-order valence-corrected chi connectivity index (χ0v) is 12.5. The van der Waals surface area contributed by atoms with Gasteiger partial charge in [0.25, 0.3) is 5.91 Å². The molecular formula is C14H25N3O2. The number of aromatic nitrogens is 2. The van der Waals surface area contributed by atoms with Crippen LogP contribution >= 0.6 is 0 Å². The lowest BCUT2D eigenvalue weighted by Crippen LogP contribution is -2.36. The molecule has 1 aromatic heterocycles. The highest BCUT2D eigenvalue weighted by Crippen LogP contribution is 2.13. The first kappa shape index (κ1) is 15.7. The number of carbonyl (C=O) groups is 1. The van der Waals surface area contributed by atoms with Crippen LogP contribution in [0.25, 0.3) is 0 Å². The number of hydrogen-bond donors (Lipinski definition) is 2. The molecule has 0 unspecified atom stereocenters. The van der Waals surface area contributed by atoms with Crippen molar-refractivity contribution in [1.29, 1.82) is 0 Å². The molecule has 0 aliphatic carbocycles. The first-order valence-electron chi connectivity index (χ1n) is 6.87. The zero-order valence-electron chi connectivity index (χ0n) is 12.5. The zero-order chi connectivity index (χ0) is 14.6. The molecular weight excluding hydrogens is 242 g/mol. The number of aliphatic hydroxyl groups is 1. The SMILES string of the molecule is CC[C@H](C)[C@H](O)CNC(=O)c1cc(C(C)C)nn1C.